The van der Waals surface area contributed by atoms with E-state index in [0.29, 0.717) is 0 Å². The standard InChI is InChI=1S/C74H89BN2/c1-67(2,3)49-27-25-47(26-28-49)46-21-23-48(24-22-46)54-39-50(68(4,5)6)29-33-61(54)77-62-34-30-51(69(7,8)9)40-59(62)75-60-44-57-58(74(19,20)38-37-73(57,17)18)45-63(60)76(64-41-52(70(10,11)12)42-65(77)66(64)75)53-31-32-55-56(43-53)72(15,16)36-35-71(55,13)14/h21-34,39-45H,35-38H2,1-20H3. The molecule has 2 heterocycles. The Labute approximate surface area is 466 Å². The van der Waals surface area contributed by atoms with E-state index in [-0.39, 0.29) is 50.0 Å². The van der Waals surface area contributed by atoms with Crippen LogP contribution in [0.25, 0.3) is 22.3 Å². The first-order chi connectivity index (χ1) is 35.7. The van der Waals surface area contributed by atoms with Crippen LogP contribution in [0.5, 0.6) is 0 Å². The van der Waals surface area contributed by atoms with Gasteiger partial charge in [-0.25, -0.2) is 0 Å². The van der Waals surface area contributed by atoms with Crippen LogP contribution in [-0.4, -0.2) is 6.71 Å². The maximum Gasteiger partial charge on any atom is 0.252 e. The van der Waals surface area contributed by atoms with Crippen LogP contribution in [0.1, 0.15) is 209 Å². The van der Waals surface area contributed by atoms with E-state index in [1.807, 2.05) is 0 Å². The average molecular weight is 1020 g/mol. The molecule has 398 valence electrons. The van der Waals surface area contributed by atoms with Crippen molar-refractivity contribution in [1.29, 1.82) is 0 Å². The minimum atomic E-state index is -0.140. The maximum absolute atomic E-state index is 2.74. The first-order valence-corrected chi connectivity index (χ1v) is 29.3. The van der Waals surface area contributed by atoms with Crippen LogP contribution in [0.15, 0.2) is 127 Å². The summed E-state index contributed by atoms with van der Waals surface area (Å²) in [6.07, 6.45) is 4.71. The molecule has 0 aromatic heterocycles. The normalized spacial score (nSPS) is 18.0. The molecule has 2 nitrogen and oxygen atoms in total. The first-order valence-electron chi connectivity index (χ1n) is 29.3. The van der Waals surface area contributed by atoms with Gasteiger partial charge in [0.15, 0.2) is 0 Å². The third-order valence-electron chi connectivity index (χ3n) is 19.2. The molecule has 0 amide bonds. The van der Waals surface area contributed by atoms with E-state index in [9.17, 15) is 0 Å². The number of rotatable bonds is 4. The minimum Gasteiger partial charge on any atom is -0.311 e. The van der Waals surface area contributed by atoms with Crippen molar-refractivity contribution in [2.45, 2.75) is 207 Å². The van der Waals surface area contributed by atoms with Crippen molar-refractivity contribution in [3.63, 3.8) is 0 Å². The SMILES string of the molecule is CC(C)(C)c1ccc(-c2ccc(-c3cc(C(C)(C)C)ccc3N3c4ccc(C(C)(C)C)cc4B4c5cc6c(cc5N(c5ccc7c(c5)C(C)(C)CCC7(C)C)c5cc(C(C)(C)C)cc3c54)C(C)(C)CCC6(C)C)cc2)cc1. The van der Waals surface area contributed by atoms with E-state index in [1.54, 1.807) is 0 Å². The first kappa shape index (κ1) is 53.2. The quantitative estimate of drug-likeness (QED) is 0.162. The molecule has 0 fully saturated rings. The molecular formula is C74H89BN2. The Morgan fingerprint density at radius 3 is 1.27 bits per heavy atom. The fourth-order valence-electron chi connectivity index (χ4n) is 13.6. The molecule has 2 aliphatic carbocycles. The van der Waals surface area contributed by atoms with Crippen LogP contribution >= 0.6 is 0 Å². The van der Waals surface area contributed by atoms with Gasteiger partial charge in [0, 0.05) is 34.0 Å². The van der Waals surface area contributed by atoms with Gasteiger partial charge in [0.2, 0.25) is 0 Å². The molecule has 3 heteroatoms. The van der Waals surface area contributed by atoms with Crippen LogP contribution in [0.4, 0.5) is 34.1 Å². The third kappa shape index (κ3) is 8.93. The highest BCUT2D eigenvalue weighted by Crippen LogP contribution is 2.54. The Kier molecular flexibility index (Phi) is 12.0. The van der Waals surface area contributed by atoms with Crippen molar-refractivity contribution < 1.29 is 0 Å². The molecule has 11 rings (SSSR count). The summed E-state index contributed by atoms with van der Waals surface area (Å²) >= 11 is 0. The Morgan fingerprint density at radius 2 is 0.740 bits per heavy atom. The number of anilines is 6. The smallest absolute Gasteiger partial charge is 0.252 e. The third-order valence-corrected chi connectivity index (χ3v) is 19.2. The zero-order valence-electron chi connectivity index (χ0n) is 50.9. The molecule has 0 unspecified atom stereocenters. The Balaban J connectivity index is 1.23. The Bertz CT molecular complexity index is 3500. The van der Waals surface area contributed by atoms with E-state index >= 15 is 0 Å². The van der Waals surface area contributed by atoms with Crippen LogP contribution in [0.2, 0.25) is 0 Å². The number of fused-ring (bicyclic) bond motifs is 6. The summed E-state index contributed by atoms with van der Waals surface area (Å²) in [6, 6.07) is 51.7. The second-order valence-electron chi connectivity index (χ2n) is 30.9. The summed E-state index contributed by atoms with van der Waals surface area (Å²) in [7, 11) is 0. The van der Waals surface area contributed by atoms with Gasteiger partial charge in [-0.1, -0.05) is 217 Å². The highest BCUT2D eigenvalue weighted by atomic mass is 15.2. The van der Waals surface area contributed by atoms with E-state index in [0.717, 1.165) is 0 Å². The molecule has 77 heavy (non-hydrogen) atoms. The van der Waals surface area contributed by atoms with E-state index in [2.05, 4.69) is 276 Å². The van der Waals surface area contributed by atoms with Gasteiger partial charge in [-0.15, -0.1) is 0 Å². The predicted molar refractivity (Wildman–Crippen MR) is 337 cm³/mol. The van der Waals surface area contributed by atoms with E-state index in [4.69, 9.17) is 0 Å². The topological polar surface area (TPSA) is 6.48 Å². The summed E-state index contributed by atoms with van der Waals surface area (Å²) in [4.78, 5) is 5.43. The maximum atomic E-state index is 2.74. The summed E-state index contributed by atoms with van der Waals surface area (Å²) in [6.45, 7) is 48.2. The van der Waals surface area contributed by atoms with Crippen molar-refractivity contribution in [1.82, 2.24) is 0 Å². The molecule has 7 aromatic carbocycles. The molecule has 0 saturated carbocycles. The summed E-state index contributed by atoms with van der Waals surface area (Å²) in [5.74, 6) is 0. The fraction of sp³-hybridized carbons (Fsp3) is 0.432. The van der Waals surface area contributed by atoms with Gasteiger partial charge < -0.3 is 9.80 Å². The van der Waals surface area contributed by atoms with E-state index in [1.165, 1.54) is 143 Å². The summed E-state index contributed by atoms with van der Waals surface area (Å²) in [5.41, 5.74) is 28.3. The number of hydrogen-bond acceptors (Lipinski definition) is 2. The van der Waals surface area contributed by atoms with Gasteiger partial charge in [-0.05, 0) is 195 Å². The van der Waals surface area contributed by atoms with Gasteiger partial charge in [0.05, 0.1) is 5.69 Å². The molecule has 0 spiro atoms. The van der Waals surface area contributed by atoms with Crippen LogP contribution in [0.3, 0.4) is 0 Å². The van der Waals surface area contributed by atoms with Crippen molar-refractivity contribution in [2.75, 3.05) is 9.80 Å². The molecular weight excluding hydrogens is 928 g/mol. The van der Waals surface area contributed by atoms with Gasteiger partial charge in [0.25, 0.3) is 6.71 Å². The van der Waals surface area contributed by atoms with Gasteiger partial charge in [-0.2, -0.15) is 0 Å². The minimum absolute atomic E-state index is 0.00853. The monoisotopic (exact) mass is 1020 g/mol. The molecule has 4 aliphatic rings. The lowest BCUT2D eigenvalue weighted by Gasteiger charge is -2.48. The lowest BCUT2D eigenvalue weighted by atomic mass is 9.32. The molecule has 0 atom stereocenters. The fourth-order valence-corrected chi connectivity index (χ4v) is 13.6. The second-order valence-corrected chi connectivity index (χ2v) is 30.9. The average Bonchev–Trinajstić information content (AvgIpc) is 3.51. The zero-order valence-corrected chi connectivity index (χ0v) is 50.9. The highest BCUT2D eigenvalue weighted by molar-refractivity contribution is 7.00. The molecule has 7 aromatic rings. The van der Waals surface area contributed by atoms with Crippen LogP contribution < -0.4 is 26.2 Å². The molecule has 0 N–H and O–H groups in total. The largest absolute Gasteiger partial charge is 0.311 e. The second kappa shape index (κ2) is 17.4. The van der Waals surface area contributed by atoms with Gasteiger partial charge in [-0.3, -0.25) is 0 Å². The van der Waals surface area contributed by atoms with E-state index < -0.39 is 0 Å². The highest BCUT2D eigenvalue weighted by Gasteiger charge is 2.48. The summed E-state index contributed by atoms with van der Waals surface area (Å²) in [5, 5.41) is 0. The lowest BCUT2D eigenvalue weighted by Crippen LogP contribution is -2.62. The van der Waals surface area contributed by atoms with Crippen LogP contribution in [0, 0.1) is 0 Å². The predicted octanol–water partition coefficient (Wildman–Crippen LogP) is 19.0. The molecule has 2 aliphatic heterocycles. The zero-order chi connectivity index (χ0) is 55.5. The lowest BCUT2D eigenvalue weighted by molar-refractivity contribution is 0.332. The number of nitrogens with zero attached hydrogens (tertiary/aromatic N) is 2. The number of hydrogen-bond donors (Lipinski definition) is 0. The van der Waals surface area contributed by atoms with Crippen molar-refractivity contribution in [3.8, 4) is 22.3 Å². The van der Waals surface area contributed by atoms with Crippen molar-refractivity contribution in [3.05, 3.63) is 172 Å². The van der Waals surface area contributed by atoms with Crippen molar-refractivity contribution in [2.24, 2.45) is 0 Å². The van der Waals surface area contributed by atoms with Gasteiger partial charge >= 0.3 is 0 Å². The van der Waals surface area contributed by atoms with Gasteiger partial charge in [0.1, 0.15) is 0 Å². The van der Waals surface area contributed by atoms with Crippen molar-refractivity contribution >= 4 is 57.2 Å². The van der Waals surface area contributed by atoms with Crippen LogP contribution in [-0.2, 0) is 43.3 Å². The Morgan fingerprint density at radius 1 is 0.325 bits per heavy atom. The molecule has 0 saturated heterocycles. The molecule has 0 bridgehead atoms. The molecule has 0 radical (unpaired) electrons. The Hall–Kier alpha value is -5.80. The summed E-state index contributed by atoms with van der Waals surface area (Å²) < 4.78 is 0. The number of benzene rings is 7.